The molecule has 2 rings (SSSR count). The summed E-state index contributed by atoms with van der Waals surface area (Å²) in [4.78, 5) is 22.8. The van der Waals surface area contributed by atoms with E-state index in [1.165, 1.54) is 43.7 Å². The molecule has 118 valence electrons. The summed E-state index contributed by atoms with van der Waals surface area (Å²) in [6.45, 7) is 0. The van der Waals surface area contributed by atoms with Gasteiger partial charge in [-0.05, 0) is 30.3 Å². The van der Waals surface area contributed by atoms with E-state index >= 15 is 0 Å². The van der Waals surface area contributed by atoms with E-state index in [2.05, 4.69) is 10.5 Å². The molecular weight excluding hydrogens is 300 g/mol. The molecule has 1 amide bonds. The number of hydrogen-bond donors (Lipinski definition) is 3. The zero-order valence-corrected chi connectivity index (χ0v) is 12.2. The second-order valence-corrected chi connectivity index (χ2v) is 4.51. The van der Waals surface area contributed by atoms with Crippen molar-refractivity contribution >= 4 is 18.1 Å². The van der Waals surface area contributed by atoms with Crippen LogP contribution in [0.3, 0.4) is 0 Å². The van der Waals surface area contributed by atoms with E-state index < -0.39 is 11.9 Å². The standard InChI is InChI=1S/C16H14N2O5/c1-23-13-6-5-12(14(19)8-13)9-17-18-15(20)10-3-2-4-11(7-10)16(21)22/h2-9,19H,1H3,(H,18,20)(H,21,22)/b17-9+. The Morgan fingerprint density at radius 3 is 2.57 bits per heavy atom. The van der Waals surface area contributed by atoms with Gasteiger partial charge in [-0.25, -0.2) is 10.2 Å². The van der Waals surface area contributed by atoms with Gasteiger partial charge in [0.25, 0.3) is 5.91 Å². The molecule has 0 spiro atoms. The molecular formula is C16H14N2O5. The number of ether oxygens (including phenoxy) is 1. The van der Waals surface area contributed by atoms with Crippen LogP contribution in [0.5, 0.6) is 11.5 Å². The molecule has 0 fully saturated rings. The lowest BCUT2D eigenvalue weighted by Gasteiger charge is -2.03. The Bertz CT molecular complexity index is 771. The first-order valence-electron chi connectivity index (χ1n) is 6.55. The summed E-state index contributed by atoms with van der Waals surface area (Å²) < 4.78 is 4.96. The third-order valence-electron chi connectivity index (χ3n) is 2.98. The Balaban J connectivity index is 2.07. The number of nitrogens with zero attached hydrogens (tertiary/aromatic N) is 1. The summed E-state index contributed by atoms with van der Waals surface area (Å²) in [5, 5.41) is 22.4. The average molecular weight is 314 g/mol. The topological polar surface area (TPSA) is 108 Å². The van der Waals surface area contributed by atoms with Gasteiger partial charge in [-0.2, -0.15) is 5.10 Å². The maximum atomic E-state index is 11.9. The van der Waals surface area contributed by atoms with E-state index in [1.807, 2.05) is 0 Å². The van der Waals surface area contributed by atoms with Crippen molar-refractivity contribution in [1.29, 1.82) is 0 Å². The number of carboxylic acid groups (broad SMARTS) is 1. The van der Waals surface area contributed by atoms with Crippen LogP contribution in [0, 0.1) is 0 Å². The minimum Gasteiger partial charge on any atom is -0.507 e. The lowest BCUT2D eigenvalue weighted by Crippen LogP contribution is -2.18. The van der Waals surface area contributed by atoms with Gasteiger partial charge < -0.3 is 14.9 Å². The minimum atomic E-state index is -1.12. The number of rotatable bonds is 5. The molecule has 2 aromatic carbocycles. The molecule has 0 aliphatic rings. The number of carbonyl (C=O) groups is 2. The molecule has 3 N–H and O–H groups in total. The van der Waals surface area contributed by atoms with Crippen LogP contribution in [0.1, 0.15) is 26.3 Å². The largest absolute Gasteiger partial charge is 0.507 e. The first-order valence-corrected chi connectivity index (χ1v) is 6.55. The molecule has 23 heavy (non-hydrogen) atoms. The summed E-state index contributed by atoms with van der Waals surface area (Å²) >= 11 is 0. The molecule has 0 heterocycles. The molecule has 0 aliphatic heterocycles. The summed E-state index contributed by atoms with van der Waals surface area (Å²) in [7, 11) is 1.48. The number of carboxylic acids is 1. The van der Waals surface area contributed by atoms with Crippen molar-refractivity contribution in [1.82, 2.24) is 5.43 Å². The summed E-state index contributed by atoms with van der Waals surface area (Å²) in [5.74, 6) is -1.23. The molecule has 0 aliphatic carbocycles. The van der Waals surface area contributed by atoms with Gasteiger partial charge in [0.05, 0.1) is 18.9 Å². The van der Waals surface area contributed by atoms with Crippen LogP contribution in [0.4, 0.5) is 0 Å². The van der Waals surface area contributed by atoms with Crippen molar-refractivity contribution in [2.75, 3.05) is 7.11 Å². The fraction of sp³-hybridized carbons (Fsp3) is 0.0625. The Hall–Kier alpha value is -3.35. The van der Waals surface area contributed by atoms with Crippen LogP contribution in [-0.2, 0) is 0 Å². The van der Waals surface area contributed by atoms with E-state index in [0.717, 1.165) is 0 Å². The molecule has 0 radical (unpaired) electrons. The predicted octanol–water partition coefficient (Wildman–Crippen LogP) is 1.86. The van der Waals surface area contributed by atoms with Gasteiger partial charge in [-0.1, -0.05) is 6.07 Å². The smallest absolute Gasteiger partial charge is 0.335 e. The molecule has 0 atom stereocenters. The molecule has 7 nitrogen and oxygen atoms in total. The van der Waals surface area contributed by atoms with E-state index in [-0.39, 0.29) is 16.9 Å². The third kappa shape index (κ3) is 4.07. The maximum absolute atomic E-state index is 11.9. The van der Waals surface area contributed by atoms with Crippen LogP contribution < -0.4 is 10.2 Å². The highest BCUT2D eigenvalue weighted by Gasteiger charge is 2.08. The molecule has 0 aromatic heterocycles. The lowest BCUT2D eigenvalue weighted by atomic mass is 10.1. The normalized spacial score (nSPS) is 10.5. The Kier molecular flexibility index (Phi) is 4.93. The molecule has 0 saturated carbocycles. The Labute approximate surface area is 131 Å². The van der Waals surface area contributed by atoms with E-state index in [9.17, 15) is 14.7 Å². The van der Waals surface area contributed by atoms with Gasteiger partial charge >= 0.3 is 5.97 Å². The van der Waals surface area contributed by atoms with E-state index in [0.29, 0.717) is 11.3 Å². The minimum absolute atomic E-state index is 0.00873. The number of aromatic hydroxyl groups is 1. The van der Waals surface area contributed by atoms with Crippen molar-refractivity contribution in [3.63, 3.8) is 0 Å². The molecule has 2 aromatic rings. The highest BCUT2D eigenvalue weighted by molar-refractivity contribution is 5.98. The number of nitrogens with one attached hydrogen (secondary N) is 1. The van der Waals surface area contributed by atoms with Crippen molar-refractivity contribution in [3.8, 4) is 11.5 Å². The molecule has 7 heteroatoms. The fourth-order valence-corrected chi connectivity index (χ4v) is 1.78. The van der Waals surface area contributed by atoms with Crippen molar-refractivity contribution in [3.05, 3.63) is 59.2 Å². The van der Waals surface area contributed by atoms with Crippen LogP contribution in [0.15, 0.2) is 47.6 Å². The third-order valence-corrected chi connectivity index (χ3v) is 2.98. The van der Waals surface area contributed by atoms with Gasteiger partial charge in [-0.3, -0.25) is 4.79 Å². The molecule has 0 bridgehead atoms. The Morgan fingerprint density at radius 2 is 1.91 bits per heavy atom. The van der Waals surface area contributed by atoms with Crippen LogP contribution in [0.2, 0.25) is 0 Å². The number of phenolic OH excluding ortho intramolecular Hbond substituents is 1. The number of amides is 1. The van der Waals surface area contributed by atoms with Gasteiger partial charge in [-0.15, -0.1) is 0 Å². The zero-order valence-electron chi connectivity index (χ0n) is 12.2. The first kappa shape index (κ1) is 16.0. The second-order valence-electron chi connectivity index (χ2n) is 4.51. The van der Waals surface area contributed by atoms with Gasteiger partial charge in [0.15, 0.2) is 0 Å². The van der Waals surface area contributed by atoms with E-state index in [1.54, 1.807) is 12.1 Å². The number of aromatic carboxylic acids is 1. The van der Waals surface area contributed by atoms with Gasteiger partial charge in [0, 0.05) is 17.2 Å². The van der Waals surface area contributed by atoms with Crippen LogP contribution in [-0.4, -0.2) is 35.4 Å². The second kappa shape index (κ2) is 7.08. The highest BCUT2D eigenvalue weighted by Crippen LogP contribution is 2.21. The number of carbonyl (C=O) groups excluding carboxylic acids is 1. The number of phenols is 1. The van der Waals surface area contributed by atoms with Crippen molar-refractivity contribution < 1.29 is 24.5 Å². The quantitative estimate of drug-likeness (QED) is 0.576. The Morgan fingerprint density at radius 1 is 1.17 bits per heavy atom. The van der Waals surface area contributed by atoms with Gasteiger partial charge in [0.2, 0.25) is 0 Å². The molecule has 0 unspecified atom stereocenters. The monoisotopic (exact) mass is 314 g/mol. The number of hydrogen-bond acceptors (Lipinski definition) is 5. The van der Waals surface area contributed by atoms with Gasteiger partial charge in [0.1, 0.15) is 11.5 Å². The number of benzene rings is 2. The molecule has 0 saturated heterocycles. The van der Waals surface area contributed by atoms with E-state index in [4.69, 9.17) is 9.84 Å². The van der Waals surface area contributed by atoms with Crippen molar-refractivity contribution in [2.45, 2.75) is 0 Å². The lowest BCUT2D eigenvalue weighted by molar-refractivity contribution is 0.0697. The highest BCUT2D eigenvalue weighted by atomic mass is 16.5. The first-order chi connectivity index (χ1) is 11.0. The summed E-state index contributed by atoms with van der Waals surface area (Å²) in [6, 6.07) is 10.2. The summed E-state index contributed by atoms with van der Waals surface area (Å²) in [5.41, 5.74) is 2.83. The fourth-order valence-electron chi connectivity index (χ4n) is 1.78. The van der Waals surface area contributed by atoms with Crippen molar-refractivity contribution in [2.24, 2.45) is 5.10 Å². The summed E-state index contributed by atoms with van der Waals surface area (Å²) in [6.07, 6.45) is 1.27. The van der Waals surface area contributed by atoms with Crippen LogP contribution >= 0.6 is 0 Å². The number of methoxy groups -OCH3 is 1. The SMILES string of the molecule is COc1ccc(/C=N/NC(=O)c2cccc(C(=O)O)c2)c(O)c1. The number of hydrazone groups is 1. The van der Waals surface area contributed by atoms with Crippen LogP contribution in [0.25, 0.3) is 0 Å². The zero-order chi connectivity index (χ0) is 16.8. The maximum Gasteiger partial charge on any atom is 0.335 e. The average Bonchev–Trinajstić information content (AvgIpc) is 2.56. The predicted molar refractivity (Wildman–Crippen MR) is 83.1 cm³/mol.